The molecule has 1 amide bonds. The van der Waals surface area contributed by atoms with E-state index in [1.807, 2.05) is 32.0 Å². The maximum Gasteiger partial charge on any atom is 0.251 e. The molecule has 24 heavy (non-hydrogen) atoms. The lowest BCUT2D eigenvalue weighted by atomic mass is 10.1. The number of amides is 1. The van der Waals surface area contributed by atoms with E-state index in [0.717, 1.165) is 12.8 Å². The highest BCUT2D eigenvalue weighted by atomic mass is 16.5. The Morgan fingerprint density at radius 3 is 2.54 bits per heavy atom. The fourth-order valence-corrected chi connectivity index (χ4v) is 2.49. The highest BCUT2D eigenvalue weighted by Crippen LogP contribution is 2.28. The van der Waals surface area contributed by atoms with Crippen molar-refractivity contribution >= 4 is 5.91 Å². The summed E-state index contributed by atoms with van der Waals surface area (Å²) in [7, 11) is 1.57. The van der Waals surface area contributed by atoms with Crippen LogP contribution < -0.4 is 14.8 Å². The third kappa shape index (κ3) is 5.01. The molecule has 0 aromatic heterocycles. The average Bonchev–Trinajstić information content (AvgIpc) is 2.61. The first-order valence-electron chi connectivity index (χ1n) is 8.29. The first-order valence-corrected chi connectivity index (χ1v) is 8.29. The molecule has 0 radical (unpaired) electrons. The van der Waals surface area contributed by atoms with Crippen LogP contribution in [0.15, 0.2) is 48.5 Å². The van der Waals surface area contributed by atoms with Crippen LogP contribution in [0.4, 0.5) is 0 Å². The van der Waals surface area contributed by atoms with E-state index in [9.17, 15) is 4.79 Å². The Balaban J connectivity index is 1.93. The van der Waals surface area contributed by atoms with Gasteiger partial charge >= 0.3 is 0 Å². The average molecular weight is 327 g/mol. The number of carbonyl (C=O) groups excluding carboxylic acids is 1. The molecule has 2 aromatic rings. The van der Waals surface area contributed by atoms with E-state index in [2.05, 4.69) is 17.4 Å². The molecule has 0 aliphatic heterocycles. The van der Waals surface area contributed by atoms with Gasteiger partial charge in [0.15, 0.2) is 11.5 Å². The maximum absolute atomic E-state index is 12.4. The number of ether oxygens (including phenoxy) is 2. The summed E-state index contributed by atoms with van der Waals surface area (Å²) in [4.78, 5) is 12.4. The summed E-state index contributed by atoms with van der Waals surface area (Å²) in [5.74, 6) is 1.12. The molecule has 4 heteroatoms. The Morgan fingerprint density at radius 2 is 1.88 bits per heavy atom. The standard InChI is InChI=1S/C20H25NO3/c1-4-24-18-13-12-17(14-19(18)23-3)20(22)21-15(2)10-11-16-8-6-5-7-9-16/h5-9,12-15H,4,10-11H2,1-3H3,(H,21,22). The predicted octanol–water partition coefficient (Wildman–Crippen LogP) is 3.85. The number of hydrogen-bond donors (Lipinski definition) is 1. The van der Waals surface area contributed by atoms with E-state index in [1.54, 1.807) is 25.3 Å². The number of benzene rings is 2. The Labute approximate surface area is 143 Å². The van der Waals surface area contributed by atoms with Crippen LogP contribution in [0.3, 0.4) is 0 Å². The predicted molar refractivity (Wildman–Crippen MR) is 95.9 cm³/mol. The molecular weight excluding hydrogens is 302 g/mol. The number of methoxy groups -OCH3 is 1. The summed E-state index contributed by atoms with van der Waals surface area (Å²) in [5, 5.41) is 3.03. The molecular formula is C20H25NO3. The minimum absolute atomic E-state index is 0.0928. The normalized spacial score (nSPS) is 11.6. The summed E-state index contributed by atoms with van der Waals surface area (Å²) >= 11 is 0. The van der Waals surface area contributed by atoms with E-state index in [1.165, 1.54) is 5.56 Å². The van der Waals surface area contributed by atoms with Gasteiger partial charge in [-0.3, -0.25) is 4.79 Å². The Bertz CT molecular complexity index is 655. The van der Waals surface area contributed by atoms with Gasteiger partial charge < -0.3 is 14.8 Å². The zero-order valence-electron chi connectivity index (χ0n) is 14.5. The van der Waals surface area contributed by atoms with Crippen molar-refractivity contribution in [1.82, 2.24) is 5.32 Å². The third-order valence-corrected chi connectivity index (χ3v) is 3.81. The summed E-state index contributed by atoms with van der Waals surface area (Å²) in [6.45, 7) is 4.49. The molecule has 2 aromatic carbocycles. The Kier molecular flexibility index (Phi) is 6.67. The van der Waals surface area contributed by atoms with Gasteiger partial charge in [-0.1, -0.05) is 30.3 Å². The fourth-order valence-electron chi connectivity index (χ4n) is 2.49. The molecule has 0 saturated heterocycles. The van der Waals surface area contributed by atoms with Crippen LogP contribution in [-0.4, -0.2) is 25.7 Å². The van der Waals surface area contributed by atoms with Crippen LogP contribution in [0.25, 0.3) is 0 Å². The maximum atomic E-state index is 12.4. The zero-order chi connectivity index (χ0) is 17.4. The van der Waals surface area contributed by atoms with E-state index in [-0.39, 0.29) is 11.9 Å². The topological polar surface area (TPSA) is 47.6 Å². The van der Waals surface area contributed by atoms with Gasteiger partial charge in [0.1, 0.15) is 0 Å². The third-order valence-electron chi connectivity index (χ3n) is 3.81. The quantitative estimate of drug-likeness (QED) is 0.801. The molecule has 0 heterocycles. The van der Waals surface area contributed by atoms with Gasteiger partial charge in [0, 0.05) is 11.6 Å². The largest absolute Gasteiger partial charge is 0.493 e. The first kappa shape index (κ1) is 17.9. The van der Waals surface area contributed by atoms with Crippen LogP contribution in [0.1, 0.15) is 36.2 Å². The minimum atomic E-state index is -0.100. The van der Waals surface area contributed by atoms with Gasteiger partial charge in [-0.25, -0.2) is 0 Å². The van der Waals surface area contributed by atoms with Gasteiger partial charge in [0.25, 0.3) is 5.91 Å². The van der Waals surface area contributed by atoms with E-state index < -0.39 is 0 Å². The van der Waals surface area contributed by atoms with E-state index in [0.29, 0.717) is 23.7 Å². The van der Waals surface area contributed by atoms with Crippen molar-refractivity contribution in [3.63, 3.8) is 0 Å². The van der Waals surface area contributed by atoms with Crippen molar-refractivity contribution in [2.75, 3.05) is 13.7 Å². The van der Waals surface area contributed by atoms with Crippen LogP contribution in [-0.2, 0) is 6.42 Å². The van der Waals surface area contributed by atoms with Crippen LogP contribution in [0.5, 0.6) is 11.5 Å². The molecule has 1 unspecified atom stereocenters. The molecule has 0 bridgehead atoms. The van der Waals surface area contributed by atoms with Crippen LogP contribution in [0, 0.1) is 0 Å². The molecule has 4 nitrogen and oxygen atoms in total. The first-order chi connectivity index (χ1) is 11.6. The van der Waals surface area contributed by atoms with E-state index >= 15 is 0 Å². The highest BCUT2D eigenvalue weighted by molar-refractivity contribution is 5.95. The van der Waals surface area contributed by atoms with Gasteiger partial charge in [-0.05, 0) is 50.5 Å². The molecule has 2 rings (SSSR count). The van der Waals surface area contributed by atoms with Gasteiger partial charge in [0.05, 0.1) is 13.7 Å². The second kappa shape index (κ2) is 8.96. The summed E-state index contributed by atoms with van der Waals surface area (Å²) < 4.78 is 10.8. The smallest absolute Gasteiger partial charge is 0.251 e. The summed E-state index contributed by atoms with van der Waals surface area (Å²) in [6, 6.07) is 15.6. The zero-order valence-corrected chi connectivity index (χ0v) is 14.5. The number of aryl methyl sites for hydroxylation is 1. The molecule has 0 aliphatic carbocycles. The monoisotopic (exact) mass is 327 g/mol. The van der Waals surface area contributed by atoms with Crippen LogP contribution >= 0.6 is 0 Å². The number of hydrogen-bond acceptors (Lipinski definition) is 3. The van der Waals surface area contributed by atoms with Crippen molar-refractivity contribution in [2.45, 2.75) is 32.7 Å². The second-order valence-corrected chi connectivity index (χ2v) is 5.70. The molecule has 0 saturated carbocycles. The minimum Gasteiger partial charge on any atom is -0.493 e. The number of nitrogens with one attached hydrogen (secondary N) is 1. The summed E-state index contributed by atoms with van der Waals surface area (Å²) in [6.07, 6.45) is 1.83. The van der Waals surface area contributed by atoms with Gasteiger partial charge in [-0.15, -0.1) is 0 Å². The molecule has 0 spiro atoms. The Hall–Kier alpha value is -2.49. The lowest BCUT2D eigenvalue weighted by molar-refractivity contribution is 0.0938. The lowest BCUT2D eigenvalue weighted by Crippen LogP contribution is -2.32. The van der Waals surface area contributed by atoms with Crippen LogP contribution in [0.2, 0.25) is 0 Å². The van der Waals surface area contributed by atoms with Gasteiger partial charge in [-0.2, -0.15) is 0 Å². The van der Waals surface area contributed by atoms with Crippen molar-refractivity contribution in [2.24, 2.45) is 0 Å². The molecule has 1 atom stereocenters. The SMILES string of the molecule is CCOc1ccc(C(=O)NC(C)CCc2ccccc2)cc1OC. The van der Waals surface area contributed by atoms with Crippen molar-refractivity contribution in [1.29, 1.82) is 0 Å². The van der Waals surface area contributed by atoms with E-state index in [4.69, 9.17) is 9.47 Å². The van der Waals surface area contributed by atoms with Crippen molar-refractivity contribution in [3.8, 4) is 11.5 Å². The molecule has 0 fully saturated rings. The number of rotatable bonds is 8. The number of carbonyl (C=O) groups is 1. The van der Waals surface area contributed by atoms with Gasteiger partial charge in [0.2, 0.25) is 0 Å². The van der Waals surface area contributed by atoms with Crippen molar-refractivity contribution < 1.29 is 14.3 Å². The Morgan fingerprint density at radius 1 is 1.12 bits per heavy atom. The molecule has 1 N–H and O–H groups in total. The summed E-state index contributed by atoms with van der Waals surface area (Å²) in [5.41, 5.74) is 1.85. The molecule has 0 aliphatic rings. The highest BCUT2D eigenvalue weighted by Gasteiger charge is 2.13. The van der Waals surface area contributed by atoms with Crippen molar-refractivity contribution in [3.05, 3.63) is 59.7 Å². The lowest BCUT2D eigenvalue weighted by Gasteiger charge is -2.15. The second-order valence-electron chi connectivity index (χ2n) is 5.70. The molecule has 128 valence electrons. The fraction of sp³-hybridized carbons (Fsp3) is 0.350.